The number of aryl methyl sites for hydroxylation is 1. The minimum Gasteiger partial charge on any atom is -0.481 e. The summed E-state index contributed by atoms with van der Waals surface area (Å²) in [5.41, 5.74) is 8.69. The SMILES string of the molecule is Cc1ccc(C(N)CCCCC(=O)O)c2ccccc12. The zero-order chi connectivity index (χ0) is 14.5. The zero-order valence-corrected chi connectivity index (χ0v) is 11.8. The monoisotopic (exact) mass is 271 g/mol. The molecule has 0 saturated heterocycles. The van der Waals surface area contributed by atoms with Crippen molar-refractivity contribution in [2.24, 2.45) is 5.73 Å². The largest absolute Gasteiger partial charge is 0.481 e. The number of carboxylic acid groups (broad SMARTS) is 1. The molecule has 0 aromatic heterocycles. The molecular weight excluding hydrogens is 250 g/mol. The van der Waals surface area contributed by atoms with Crippen LogP contribution in [0.4, 0.5) is 0 Å². The van der Waals surface area contributed by atoms with E-state index in [4.69, 9.17) is 10.8 Å². The molecule has 0 saturated carbocycles. The first-order valence-corrected chi connectivity index (χ1v) is 7.05. The maximum absolute atomic E-state index is 10.5. The van der Waals surface area contributed by atoms with Gasteiger partial charge in [0.25, 0.3) is 0 Å². The van der Waals surface area contributed by atoms with Crippen LogP contribution < -0.4 is 5.73 Å². The number of unbranched alkanes of at least 4 members (excludes halogenated alkanes) is 1. The van der Waals surface area contributed by atoms with Crippen molar-refractivity contribution in [3.8, 4) is 0 Å². The molecule has 2 aromatic carbocycles. The lowest BCUT2D eigenvalue weighted by Gasteiger charge is -2.15. The molecule has 0 aliphatic rings. The number of fused-ring (bicyclic) bond motifs is 1. The maximum atomic E-state index is 10.5. The Kier molecular flexibility index (Phi) is 4.74. The predicted octanol–water partition coefficient (Wildman–Crippen LogP) is 3.79. The van der Waals surface area contributed by atoms with Gasteiger partial charge in [-0.15, -0.1) is 0 Å². The van der Waals surface area contributed by atoms with E-state index in [9.17, 15) is 4.79 Å². The van der Waals surface area contributed by atoms with Gasteiger partial charge in [0.05, 0.1) is 0 Å². The van der Waals surface area contributed by atoms with Gasteiger partial charge in [-0.1, -0.05) is 42.8 Å². The van der Waals surface area contributed by atoms with Crippen molar-refractivity contribution < 1.29 is 9.90 Å². The molecule has 3 nitrogen and oxygen atoms in total. The first-order valence-electron chi connectivity index (χ1n) is 7.05. The Morgan fingerprint density at radius 3 is 2.55 bits per heavy atom. The minimum absolute atomic E-state index is 0.0331. The van der Waals surface area contributed by atoms with E-state index in [0.29, 0.717) is 6.42 Å². The van der Waals surface area contributed by atoms with E-state index in [1.54, 1.807) is 0 Å². The third-order valence-electron chi connectivity index (χ3n) is 3.73. The number of hydrogen-bond acceptors (Lipinski definition) is 2. The summed E-state index contributed by atoms with van der Waals surface area (Å²) in [6.45, 7) is 2.10. The molecule has 106 valence electrons. The fourth-order valence-electron chi connectivity index (χ4n) is 2.59. The van der Waals surface area contributed by atoms with Crippen molar-refractivity contribution in [3.05, 3.63) is 47.5 Å². The van der Waals surface area contributed by atoms with Crippen LogP contribution in [-0.4, -0.2) is 11.1 Å². The molecule has 1 unspecified atom stereocenters. The molecule has 0 amide bonds. The Morgan fingerprint density at radius 2 is 1.85 bits per heavy atom. The van der Waals surface area contributed by atoms with E-state index >= 15 is 0 Å². The summed E-state index contributed by atoms with van der Waals surface area (Å²) in [4.78, 5) is 10.5. The van der Waals surface area contributed by atoms with E-state index in [0.717, 1.165) is 18.4 Å². The molecule has 0 aliphatic carbocycles. The standard InChI is InChI=1S/C17H21NO2/c1-12-10-11-15(14-7-3-2-6-13(12)14)16(18)8-4-5-9-17(19)20/h2-3,6-7,10-11,16H,4-5,8-9,18H2,1H3,(H,19,20). The molecule has 3 N–H and O–H groups in total. The fraction of sp³-hybridized carbons (Fsp3) is 0.353. The molecule has 2 rings (SSSR count). The average molecular weight is 271 g/mol. The second-order valence-corrected chi connectivity index (χ2v) is 5.26. The van der Waals surface area contributed by atoms with Gasteiger partial charge in [0.1, 0.15) is 0 Å². The summed E-state index contributed by atoms with van der Waals surface area (Å²) in [5.74, 6) is -0.737. The Morgan fingerprint density at radius 1 is 1.15 bits per heavy atom. The van der Waals surface area contributed by atoms with E-state index in [1.807, 2.05) is 12.1 Å². The first-order chi connectivity index (χ1) is 9.59. The van der Waals surface area contributed by atoms with E-state index < -0.39 is 5.97 Å². The van der Waals surface area contributed by atoms with Crippen molar-refractivity contribution >= 4 is 16.7 Å². The summed E-state index contributed by atoms with van der Waals surface area (Å²) in [6, 6.07) is 12.5. The summed E-state index contributed by atoms with van der Waals surface area (Å²) in [7, 11) is 0. The third kappa shape index (κ3) is 3.36. The molecule has 0 aliphatic heterocycles. The number of rotatable bonds is 6. The van der Waals surface area contributed by atoms with Crippen molar-refractivity contribution in [1.29, 1.82) is 0 Å². The van der Waals surface area contributed by atoms with Gasteiger partial charge in [-0.3, -0.25) is 4.79 Å². The number of aliphatic carboxylic acids is 1. The fourth-order valence-corrected chi connectivity index (χ4v) is 2.59. The van der Waals surface area contributed by atoms with Crippen LogP contribution in [-0.2, 0) is 4.79 Å². The summed E-state index contributed by atoms with van der Waals surface area (Å²) < 4.78 is 0. The molecule has 0 fully saturated rings. The predicted molar refractivity (Wildman–Crippen MR) is 81.7 cm³/mol. The van der Waals surface area contributed by atoms with Crippen molar-refractivity contribution in [1.82, 2.24) is 0 Å². The van der Waals surface area contributed by atoms with Gasteiger partial charge in [-0.25, -0.2) is 0 Å². The van der Waals surface area contributed by atoms with Gasteiger partial charge in [0, 0.05) is 12.5 Å². The van der Waals surface area contributed by atoms with Crippen LogP contribution in [0.25, 0.3) is 10.8 Å². The van der Waals surface area contributed by atoms with E-state index in [-0.39, 0.29) is 12.5 Å². The van der Waals surface area contributed by atoms with Gasteiger partial charge in [0.15, 0.2) is 0 Å². The lowest BCUT2D eigenvalue weighted by molar-refractivity contribution is -0.137. The van der Waals surface area contributed by atoms with E-state index in [1.165, 1.54) is 16.3 Å². The number of benzene rings is 2. The number of carboxylic acids is 1. The first kappa shape index (κ1) is 14.5. The molecule has 0 spiro atoms. The highest BCUT2D eigenvalue weighted by molar-refractivity contribution is 5.88. The molecule has 0 heterocycles. The van der Waals surface area contributed by atoms with Crippen LogP contribution in [0.2, 0.25) is 0 Å². The lowest BCUT2D eigenvalue weighted by Crippen LogP contribution is -2.11. The highest BCUT2D eigenvalue weighted by Crippen LogP contribution is 2.28. The van der Waals surface area contributed by atoms with Crippen LogP contribution in [0.5, 0.6) is 0 Å². The summed E-state index contributed by atoms with van der Waals surface area (Å²) in [6.07, 6.45) is 2.57. The zero-order valence-electron chi connectivity index (χ0n) is 11.8. The van der Waals surface area contributed by atoms with Gasteiger partial charge in [-0.05, 0) is 41.7 Å². The van der Waals surface area contributed by atoms with Crippen LogP contribution >= 0.6 is 0 Å². The normalized spacial score (nSPS) is 12.5. The Balaban J connectivity index is 2.12. The highest BCUT2D eigenvalue weighted by atomic mass is 16.4. The molecule has 0 radical (unpaired) electrons. The van der Waals surface area contributed by atoms with Crippen LogP contribution in [0.3, 0.4) is 0 Å². The van der Waals surface area contributed by atoms with Crippen molar-refractivity contribution in [2.45, 2.75) is 38.6 Å². The highest BCUT2D eigenvalue weighted by Gasteiger charge is 2.11. The molecule has 2 aromatic rings. The average Bonchev–Trinajstić information content (AvgIpc) is 2.44. The van der Waals surface area contributed by atoms with Crippen molar-refractivity contribution in [2.75, 3.05) is 0 Å². The third-order valence-corrected chi connectivity index (χ3v) is 3.73. The molecular formula is C17H21NO2. The quantitative estimate of drug-likeness (QED) is 0.786. The second-order valence-electron chi connectivity index (χ2n) is 5.26. The summed E-state index contributed by atoms with van der Waals surface area (Å²) in [5, 5.41) is 11.1. The van der Waals surface area contributed by atoms with E-state index in [2.05, 4.69) is 31.2 Å². The molecule has 0 bridgehead atoms. The van der Waals surface area contributed by atoms with Gasteiger partial charge < -0.3 is 10.8 Å². The second kappa shape index (κ2) is 6.53. The molecule has 1 atom stereocenters. The van der Waals surface area contributed by atoms with Gasteiger partial charge >= 0.3 is 5.97 Å². The van der Waals surface area contributed by atoms with Crippen LogP contribution in [0.15, 0.2) is 36.4 Å². The number of carbonyl (C=O) groups is 1. The topological polar surface area (TPSA) is 63.3 Å². The molecule has 3 heteroatoms. The Hall–Kier alpha value is -1.87. The smallest absolute Gasteiger partial charge is 0.303 e. The van der Waals surface area contributed by atoms with Crippen molar-refractivity contribution in [3.63, 3.8) is 0 Å². The van der Waals surface area contributed by atoms with Crippen LogP contribution in [0.1, 0.15) is 42.9 Å². The van der Waals surface area contributed by atoms with Gasteiger partial charge in [-0.2, -0.15) is 0 Å². The van der Waals surface area contributed by atoms with Gasteiger partial charge in [0.2, 0.25) is 0 Å². The lowest BCUT2D eigenvalue weighted by atomic mass is 9.93. The molecule has 20 heavy (non-hydrogen) atoms. The summed E-state index contributed by atoms with van der Waals surface area (Å²) >= 11 is 0. The van der Waals surface area contributed by atoms with Crippen LogP contribution in [0, 0.1) is 6.92 Å². The number of nitrogens with two attached hydrogens (primary N) is 1. The number of hydrogen-bond donors (Lipinski definition) is 2. The Labute approximate surface area is 119 Å². The maximum Gasteiger partial charge on any atom is 0.303 e. The minimum atomic E-state index is -0.737. The Bertz CT molecular complexity index is 607.